The summed E-state index contributed by atoms with van der Waals surface area (Å²) < 4.78 is 12.4. The molecule has 0 aliphatic carbocycles. The van der Waals surface area contributed by atoms with Crippen molar-refractivity contribution >= 4 is 21.9 Å². The van der Waals surface area contributed by atoms with Gasteiger partial charge in [-0.1, -0.05) is 43.6 Å². The van der Waals surface area contributed by atoms with Crippen LogP contribution < -0.4 is 9.47 Å². The number of benzene rings is 1. The first-order valence-corrected chi connectivity index (χ1v) is 7.87. The number of ether oxygens (including phenoxy) is 2. The van der Waals surface area contributed by atoms with Gasteiger partial charge in [-0.15, -0.1) is 0 Å². The quantitative estimate of drug-likeness (QED) is 0.882. The zero-order valence-electron chi connectivity index (χ0n) is 12.8. The number of halogens is 1. The molecule has 0 saturated carbocycles. The largest absolute Gasteiger partial charge is 0.486 e. The Labute approximate surface area is 133 Å². The third-order valence-corrected chi connectivity index (χ3v) is 4.29. The van der Waals surface area contributed by atoms with E-state index in [-0.39, 0.29) is 12.3 Å². The van der Waals surface area contributed by atoms with E-state index in [2.05, 4.69) is 29.8 Å². The second-order valence-corrected chi connectivity index (χ2v) is 7.13. The molecule has 2 rings (SSSR count). The Bertz CT molecular complexity index is 564. The minimum Gasteiger partial charge on any atom is -0.486 e. The number of fused-ring (bicyclic) bond motifs is 1. The van der Waals surface area contributed by atoms with Crippen molar-refractivity contribution in [2.24, 2.45) is 0 Å². The monoisotopic (exact) mass is 356 g/mol. The maximum atomic E-state index is 11.2. The number of hydrogen-bond acceptors (Lipinski definition) is 3. The molecule has 1 aliphatic heterocycles. The molecule has 116 valence electrons. The van der Waals surface area contributed by atoms with Gasteiger partial charge in [0.05, 0.1) is 6.42 Å². The fraction of sp³-hybridized carbons (Fsp3) is 0.562. The fourth-order valence-corrected chi connectivity index (χ4v) is 3.84. The molecule has 1 aliphatic rings. The molecule has 5 heteroatoms. The Hall–Kier alpha value is -1.23. The molecule has 0 unspecified atom stereocenters. The van der Waals surface area contributed by atoms with Gasteiger partial charge in [-0.05, 0) is 17.5 Å². The van der Waals surface area contributed by atoms with Gasteiger partial charge in [-0.3, -0.25) is 4.79 Å². The average molecular weight is 357 g/mol. The van der Waals surface area contributed by atoms with E-state index in [1.54, 1.807) is 0 Å². The predicted octanol–water partition coefficient (Wildman–Crippen LogP) is 4.10. The van der Waals surface area contributed by atoms with Gasteiger partial charge in [0.15, 0.2) is 11.5 Å². The van der Waals surface area contributed by atoms with Crippen LogP contribution >= 0.6 is 15.9 Å². The minimum absolute atomic E-state index is 0.0605. The van der Waals surface area contributed by atoms with Crippen molar-refractivity contribution < 1.29 is 19.4 Å². The molecule has 1 aromatic carbocycles. The van der Waals surface area contributed by atoms with E-state index in [0.717, 1.165) is 27.1 Å². The smallest absolute Gasteiger partial charge is 0.304 e. The first kappa shape index (κ1) is 16.1. The van der Waals surface area contributed by atoms with E-state index in [1.807, 2.05) is 19.9 Å². The minimum atomic E-state index is -0.809. The fourth-order valence-electron chi connectivity index (χ4n) is 2.88. The molecule has 1 N–H and O–H groups in total. The lowest BCUT2D eigenvalue weighted by atomic mass is 9.76. The molecule has 1 aromatic rings. The van der Waals surface area contributed by atoms with Crippen molar-refractivity contribution in [3.05, 3.63) is 21.7 Å². The molecular formula is C16H21BrO4. The van der Waals surface area contributed by atoms with Crippen molar-refractivity contribution in [2.75, 3.05) is 13.2 Å². The Balaban J connectivity index is 2.67. The normalized spacial score (nSPS) is 14.4. The maximum absolute atomic E-state index is 11.2. The SMILES string of the molecule is CC(C)c1c2c(cc(Br)c1C(C)(C)CC(=O)O)OCCO2. The second kappa shape index (κ2) is 5.87. The number of hydrogen-bond donors (Lipinski definition) is 1. The molecule has 0 fully saturated rings. The highest BCUT2D eigenvalue weighted by molar-refractivity contribution is 9.10. The molecule has 1 heterocycles. The van der Waals surface area contributed by atoms with E-state index in [1.165, 1.54) is 0 Å². The Morgan fingerprint density at radius 1 is 1.38 bits per heavy atom. The molecule has 21 heavy (non-hydrogen) atoms. The lowest BCUT2D eigenvalue weighted by Crippen LogP contribution is -2.26. The highest BCUT2D eigenvalue weighted by Crippen LogP contribution is 2.48. The van der Waals surface area contributed by atoms with Crippen LogP contribution in [0.2, 0.25) is 0 Å². The summed E-state index contributed by atoms with van der Waals surface area (Å²) in [5, 5.41) is 9.20. The predicted molar refractivity (Wildman–Crippen MR) is 84.5 cm³/mol. The van der Waals surface area contributed by atoms with Gasteiger partial charge >= 0.3 is 5.97 Å². The van der Waals surface area contributed by atoms with E-state index >= 15 is 0 Å². The van der Waals surface area contributed by atoms with Crippen LogP contribution in [-0.2, 0) is 10.2 Å². The molecule has 0 spiro atoms. The third kappa shape index (κ3) is 3.18. The summed E-state index contributed by atoms with van der Waals surface area (Å²) in [4.78, 5) is 11.2. The first-order chi connectivity index (χ1) is 9.74. The van der Waals surface area contributed by atoms with E-state index in [4.69, 9.17) is 9.47 Å². The van der Waals surface area contributed by atoms with Crippen LogP contribution in [0.4, 0.5) is 0 Å². The second-order valence-electron chi connectivity index (χ2n) is 6.28. The van der Waals surface area contributed by atoms with Crippen molar-refractivity contribution in [2.45, 2.75) is 45.4 Å². The number of carbonyl (C=O) groups is 1. The van der Waals surface area contributed by atoms with Crippen LogP contribution in [0.5, 0.6) is 11.5 Å². The van der Waals surface area contributed by atoms with Crippen molar-refractivity contribution in [3.63, 3.8) is 0 Å². The summed E-state index contributed by atoms with van der Waals surface area (Å²) in [5.74, 6) is 0.886. The number of carboxylic acid groups (broad SMARTS) is 1. The Morgan fingerprint density at radius 2 is 2.00 bits per heavy atom. The van der Waals surface area contributed by atoms with Gasteiger partial charge in [0.1, 0.15) is 13.2 Å². The number of rotatable bonds is 4. The summed E-state index contributed by atoms with van der Waals surface area (Å²) >= 11 is 3.59. The van der Waals surface area contributed by atoms with Crippen molar-refractivity contribution in [1.29, 1.82) is 0 Å². The molecular weight excluding hydrogens is 336 g/mol. The van der Waals surface area contributed by atoms with Gasteiger partial charge < -0.3 is 14.6 Å². The van der Waals surface area contributed by atoms with Crippen LogP contribution in [0, 0.1) is 0 Å². The Morgan fingerprint density at radius 3 is 2.57 bits per heavy atom. The van der Waals surface area contributed by atoms with Gasteiger partial charge in [-0.25, -0.2) is 0 Å². The van der Waals surface area contributed by atoms with Gasteiger partial charge in [0, 0.05) is 15.5 Å². The van der Waals surface area contributed by atoms with Crippen LogP contribution in [0.3, 0.4) is 0 Å². The van der Waals surface area contributed by atoms with Crippen molar-refractivity contribution in [1.82, 2.24) is 0 Å². The zero-order chi connectivity index (χ0) is 15.8. The van der Waals surface area contributed by atoms with Crippen molar-refractivity contribution in [3.8, 4) is 11.5 Å². The van der Waals surface area contributed by atoms with Crippen LogP contribution in [-0.4, -0.2) is 24.3 Å². The zero-order valence-corrected chi connectivity index (χ0v) is 14.4. The average Bonchev–Trinajstić information content (AvgIpc) is 2.34. The van der Waals surface area contributed by atoms with Crippen LogP contribution in [0.15, 0.2) is 10.5 Å². The molecule has 0 saturated heterocycles. The summed E-state index contributed by atoms with van der Waals surface area (Å²) in [6.07, 6.45) is 0.0605. The summed E-state index contributed by atoms with van der Waals surface area (Å²) in [6.45, 7) is 9.12. The molecule has 0 atom stereocenters. The summed E-state index contributed by atoms with van der Waals surface area (Å²) in [7, 11) is 0. The highest BCUT2D eigenvalue weighted by Gasteiger charge is 2.34. The highest BCUT2D eigenvalue weighted by atomic mass is 79.9. The lowest BCUT2D eigenvalue weighted by Gasteiger charge is -2.32. The standard InChI is InChI=1S/C16H21BrO4/c1-9(2)13-14(16(3,4)8-12(18)19)10(17)7-11-15(13)21-6-5-20-11/h7,9H,5-6,8H2,1-4H3,(H,18,19). The van der Waals surface area contributed by atoms with Gasteiger partial charge in [-0.2, -0.15) is 0 Å². The molecule has 0 radical (unpaired) electrons. The summed E-state index contributed by atoms with van der Waals surface area (Å²) in [6, 6.07) is 1.89. The van der Waals surface area contributed by atoms with E-state index < -0.39 is 11.4 Å². The van der Waals surface area contributed by atoms with E-state index in [0.29, 0.717) is 13.2 Å². The van der Waals surface area contributed by atoms with Gasteiger partial charge in [0.25, 0.3) is 0 Å². The summed E-state index contributed by atoms with van der Waals surface area (Å²) in [5.41, 5.74) is 1.52. The first-order valence-electron chi connectivity index (χ1n) is 7.08. The van der Waals surface area contributed by atoms with Gasteiger partial charge in [0.2, 0.25) is 0 Å². The molecule has 0 amide bonds. The van der Waals surface area contributed by atoms with Crippen LogP contribution in [0.25, 0.3) is 0 Å². The number of carboxylic acids is 1. The molecule has 0 bridgehead atoms. The third-order valence-electron chi connectivity index (χ3n) is 3.67. The maximum Gasteiger partial charge on any atom is 0.304 e. The van der Waals surface area contributed by atoms with Crippen LogP contribution in [0.1, 0.15) is 51.2 Å². The molecule has 0 aromatic heterocycles. The van der Waals surface area contributed by atoms with E-state index in [9.17, 15) is 9.90 Å². The Kier molecular flexibility index (Phi) is 4.51. The lowest BCUT2D eigenvalue weighted by molar-refractivity contribution is -0.138. The number of aliphatic carboxylic acids is 1. The topological polar surface area (TPSA) is 55.8 Å². The molecule has 4 nitrogen and oxygen atoms in total.